The third-order valence-electron chi connectivity index (χ3n) is 4.02. The number of amides is 4. The highest BCUT2D eigenvalue weighted by molar-refractivity contribution is 6.20. The van der Waals surface area contributed by atoms with Gasteiger partial charge in [0.05, 0.1) is 7.11 Å². The number of anilines is 1. The third-order valence-corrected chi connectivity index (χ3v) is 4.02. The quantitative estimate of drug-likeness (QED) is 0.713. The molecule has 0 radical (unpaired) electrons. The molecule has 1 spiro atoms. The van der Waals surface area contributed by atoms with E-state index in [1.165, 1.54) is 0 Å². The molecule has 1 aromatic rings. The van der Waals surface area contributed by atoms with Gasteiger partial charge in [-0.15, -0.1) is 0 Å². The van der Waals surface area contributed by atoms with E-state index in [1.807, 2.05) is 30.1 Å². The Hall–Kier alpha value is -2.57. The minimum Gasteiger partial charge on any atom is -0.497 e. The van der Waals surface area contributed by atoms with E-state index in [-0.39, 0.29) is 13.0 Å². The highest BCUT2D eigenvalue weighted by Gasteiger charge is 2.53. The second kappa shape index (κ2) is 4.47. The van der Waals surface area contributed by atoms with Crippen molar-refractivity contribution in [1.29, 1.82) is 0 Å². The molecule has 0 unspecified atom stereocenters. The van der Waals surface area contributed by atoms with Gasteiger partial charge in [0.1, 0.15) is 11.2 Å². The summed E-state index contributed by atoms with van der Waals surface area (Å²) in [4.78, 5) is 37.6. The monoisotopic (exact) mass is 289 g/mol. The topological polar surface area (TPSA) is 87.7 Å². The molecule has 2 aliphatic heterocycles. The lowest BCUT2D eigenvalue weighted by Crippen LogP contribution is -2.67. The number of nitrogens with one attached hydrogen (secondary N) is 2. The standard InChI is InChI=1S/C14H15N3O4/c1-17-7-14(11(18)15-13(20)16-12(14)19)6-8-5-9(21-2)3-4-10(8)17/h3-5H,6-7H2,1-2H3,(H2,15,16,18,19,20). The van der Waals surface area contributed by atoms with Crippen molar-refractivity contribution in [1.82, 2.24) is 10.6 Å². The molecule has 0 aliphatic carbocycles. The Balaban J connectivity index is 2.05. The number of carbonyl (C=O) groups is 3. The van der Waals surface area contributed by atoms with Gasteiger partial charge in [0.25, 0.3) is 0 Å². The van der Waals surface area contributed by atoms with Crippen molar-refractivity contribution < 1.29 is 19.1 Å². The molecule has 0 aromatic heterocycles. The summed E-state index contributed by atoms with van der Waals surface area (Å²) < 4.78 is 5.19. The molecule has 0 atom stereocenters. The van der Waals surface area contributed by atoms with Crippen LogP contribution in [0.3, 0.4) is 0 Å². The molecule has 0 saturated carbocycles. The van der Waals surface area contributed by atoms with Crippen LogP contribution in [0.1, 0.15) is 5.56 Å². The molecule has 2 N–H and O–H groups in total. The Morgan fingerprint density at radius 2 is 1.86 bits per heavy atom. The van der Waals surface area contributed by atoms with Crippen LogP contribution in [0.25, 0.3) is 0 Å². The lowest BCUT2D eigenvalue weighted by atomic mass is 9.75. The van der Waals surface area contributed by atoms with E-state index < -0.39 is 23.3 Å². The van der Waals surface area contributed by atoms with Gasteiger partial charge in [-0.05, 0) is 30.2 Å². The first-order valence-electron chi connectivity index (χ1n) is 6.51. The molecule has 1 aromatic carbocycles. The van der Waals surface area contributed by atoms with E-state index in [1.54, 1.807) is 7.11 Å². The first-order chi connectivity index (χ1) is 9.96. The molecule has 7 nitrogen and oxygen atoms in total. The predicted octanol–water partition coefficient (Wildman–Crippen LogP) is 0.0399. The van der Waals surface area contributed by atoms with Gasteiger partial charge < -0.3 is 9.64 Å². The molecule has 21 heavy (non-hydrogen) atoms. The maximum Gasteiger partial charge on any atom is 0.328 e. The van der Waals surface area contributed by atoms with Crippen molar-refractivity contribution in [2.45, 2.75) is 6.42 Å². The van der Waals surface area contributed by atoms with Crippen LogP contribution < -0.4 is 20.3 Å². The Kier molecular flexibility index (Phi) is 2.86. The normalized spacial score (nSPS) is 19.9. The van der Waals surface area contributed by atoms with Gasteiger partial charge in [-0.1, -0.05) is 0 Å². The van der Waals surface area contributed by atoms with E-state index in [0.29, 0.717) is 5.75 Å². The minimum atomic E-state index is -1.29. The number of methoxy groups -OCH3 is 1. The smallest absolute Gasteiger partial charge is 0.328 e. The van der Waals surface area contributed by atoms with Crippen molar-refractivity contribution in [2.75, 3.05) is 25.6 Å². The number of urea groups is 1. The molecule has 2 heterocycles. The van der Waals surface area contributed by atoms with Crippen LogP contribution in [0.2, 0.25) is 0 Å². The molecular formula is C14H15N3O4. The fourth-order valence-corrected chi connectivity index (χ4v) is 2.96. The maximum atomic E-state index is 12.3. The van der Waals surface area contributed by atoms with Crippen LogP contribution in [0.15, 0.2) is 18.2 Å². The largest absolute Gasteiger partial charge is 0.497 e. The van der Waals surface area contributed by atoms with Crippen LogP contribution in [0, 0.1) is 5.41 Å². The number of benzene rings is 1. The van der Waals surface area contributed by atoms with E-state index in [9.17, 15) is 14.4 Å². The van der Waals surface area contributed by atoms with Crippen molar-refractivity contribution in [3.8, 4) is 5.75 Å². The van der Waals surface area contributed by atoms with E-state index in [0.717, 1.165) is 11.3 Å². The van der Waals surface area contributed by atoms with Crippen LogP contribution in [0.4, 0.5) is 10.5 Å². The summed E-state index contributed by atoms with van der Waals surface area (Å²) >= 11 is 0. The Morgan fingerprint density at radius 3 is 2.48 bits per heavy atom. The average molecular weight is 289 g/mol. The SMILES string of the molecule is COc1ccc2c(c1)CC1(CN2C)C(=O)NC(=O)NC1=O. The molecule has 1 fully saturated rings. The molecule has 7 heteroatoms. The van der Waals surface area contributed by atoms with Gasteiger partial charge in [0.15, 0.2) is 0 Å². The zero-order valence-electron chi connectivity index (χ0n) is 11.7. The second-order valence-corrected chi connectivity index (χ2v) is 5.35. The van der Waals surface area contributed by atoms with Crippen molar-refractivity contribution in [2.24, 2.45) is 5.41 Å². The number of rotatable bonds is 1. The number of barbiturate groups is 1. The predicted molar refractivity (Wildman–Crippen MR) is 74.1 cm³/mol. The highest BCUT2D eigenvalue weighted by Crippen LogP contribution is 2.38. The van der Waals surface area contributed by atoms with Crippen molar-refractivity contribution in [3.63, 3.8) is 0 Å². The third kappa shape index (κ3) is 1.93. The van der Waals surface area contributed by atoms with Crippen LogP contribution in [0.5, 0.6) is 5.75 Å². The first kappa shape index (κ1) is 13.4. The summed E-state index contributed by atoms with van der Waals surface area (Å²) in [6.45, 7) is 0.220. The highest BCUT2D eigenvalue weighted by atomic mass is 16.5. The average Bonchev–Trinajstić information content (AvgIpc) is 2.44. The Morgan fingerprint density at radius 1 is 1.19 bits per heavy atom. The van der Waals surface area contributed by atoms with Gasteiger partial charge >= 0.3 is 6.03 Å². The van der Waals surface area contributed by atoms with E-state index in [4.69, 9.17) is 4.74 Å². The number of carbonyl (C=O) groups excluding carboxylic acids is 3. The van der Waals surface area contributed by atoms with Crippen molar-refractivity contribution in [3.05, 3.63) is 23.8 Å². The second-order valence-electron chi connectivity index (χ2n) is 5.35. The zero-order chi connectivity index (χ0) is 15.2. The molecule has 3 rings (SSSR count). The van der Waals surface area contributed by atoms with Gasteiger partial charge in [-0.2, -0.15) is 0 Å². The van der Waals surface area contributed by atoms with E-state index in [2.05, 4.69) is 10.6 Å². The van der Waals surface area contributed by atoms with Gasteiger partial charge in [0, 0.05) is 19.3 Å². The molecule has 0 bridgehead atoms. The zero-order valence-corrected chi connectivity index (χ0v) is 11.7. The number of nitrogens with zero attached hydrogens (tertiary/aromatic N) is 1. The number of imide groups is 2. The molecule has 1 saturated heterocycles. The van der Waals surface area contributed by atoms with E-state index >= 15 is 0 Å². The van der Waals surface area contributed by atoms with Gasteiger partial charge in [-0.25, -0.2) is 4.79 Å². The number of hydrogen-bond donors (Lipinski definition) is 2. The fourth-order valence-electron chi connectivity index (χ4n) is 2.96. The van der Waals surface area contributed by atoms with Crippen LogP contribution >= 0.6 is 0 Å². The summed E-state index contributed by atoms with van der Waals surface area (Å²) in [6, 6.07) is 4.77. The number of ether oxygens (including phenoxy) is 1. The maximum absolute atomic E-state index is 12.3. The lowest BCUT2D eigenvalue weighted by Gasteiger charge is -2.42. The Bertz CT molecular complexity index is 636. The Labute approximate surface area is 121 Å². The van der Waals surface area contributed by atoms with Gasteiger partial charge in [-0.3, -0.25) is 20.2 Å². The number of fused-ring (bicyclic) bond motifs is 1. The number of hydrogen-bond acceptors (Lipinski definition) is 5. The minimum absolute atomic E-state index is 0.220. The molecule has 2 aliphatic rings. The lowest BCUT2D eigenvalue weighted by molar-refractivity contribution is -0.143. The summed E-state index contributed by atoms with van der Waals surface area (Å²) in [5.74, 6) is -0.458. The fraction of sp³-hybridized carbons (Fsp3) is 0.357. The summed E-state index contributed by atoms with van der Waals surface area (Å²) in [5, 5.41) is 4.36. The van der Waals surface area contributed by atoms with Crippen LogP contribution in [-0.2, 0) is 16.0 Å². The van der Waals surface area contributed by atoms with Crippen LogP contribution in [-0.4, -0.2) is 38.5 Å². The molecule has 110 valence electrons. The van der Waals surface area contributed by atoms with Gasteiger partial charge in [0.2, 0.25) is 11.8 Å². The molecule has 4 amide bonds. The molecular weight excluding hydrogens is 274 g/mol. The van der Waals surface area contributed by atoms with Crippen molar-refractivity contribution >= 4 is 23.5 Å². The summed E-state index contributed by atoms with van der Waals surface area (Å²) in [5.41, 5.74) is 0.490. The first-order valence-corrected chi connectivity index (χ1v) is 6.51. The summed E-state index contributed by atoms with van der Waals surface area (Å²) in [7, 11) is 3.37. The summed E-state index contributed by atoms with van der Waals surface area (Å²) in [6.07, 6.45) is 0.231.